The molecule has 1 N–H and O–H groups in total. The van der Waals surface area contributed by atoms with Crippen LogP contribution in [0.25, 0.3) is 22.4 Å². The van der Waals surface area contributed by atoms with Gasteiger partial charge in [0.15, 0.2) is 23.0 Å². The summed E-state index contributed by atoms with van der Waals surface area (Å²) in [5, 5.41) is 0. The van der Waals surface area contributed by atoms with Crippen molar-refractivity contribution in [3.05, 3.63) is 65.2 Å². The molecule has 0 saturated carbocycles. The van der Waals surface area contributed by atoms with E-state index in [1.807, 2.05) is 30.3 Å². The highest BCUT2D eigenvalue weighted by molar-refractivity contribution is 5.83. The predicted octanol–water partition coefficient (Wildman–Crippen LogP) is 5.45. The molecule has 0 aliphatic carbocycles. The number of methoxy groups -OCH3 is 3. The lowest BCUT2D eigenvalue weighted by atomic mass is 10.1. The molecule has 1 heterocycles. The Labute approximate surface area is 181 Å². The zero-order chi connectivity index (χ0) is 22.0. The largest absolute Gasteiger partial charge is 0.493 e. The number of benzene rings is 3. The number of hydrogen-bond acceptors (Lipinski definition) is 5. The van der Waals surface area contributed by atoms with Gasteiger partial charge in [-0.15, -0.1) is 0 Å². The Morgan fingerprint density at radius 1 is 0.774 bits per heavy atom. The lowest BCUT2D eigenvalue weighted by molar-refractivity contribution is 0.284. The Morgan fingerprint density at radius 2 is 1.48 bits per heavy atom. The van der Waals surface area contributed by atoms with E-state index >= 15 is 0 Å². The SMILES string of the molecule is COc1cc2nc(-c3ccc(OCc4cc(C)ccc4C)c(OC)c3)[nH]c2cc1OC. The summed E-state index contributed by atoms with van der Waals surface area (Å²) < 4.78 is 22.4. The van der Waals surface area contributed by atoms with E-state index in [0.717, 1.165) is 28.0 Å². The van der Waals surface area contributed by atoms with Crippen LogP contribution in [0.2, 0.25) is 0 Å². The van der Waals surface area contributed by atoms with Crippen molar-refractivity contribution in [2.24, 2.45) is 0 Å². The monoisotopic (exact) mass is 418 g/mol. The molecule has 31 heavy (non-hydrogen) atoms. The number of fused-ring (bicyclic) bond motifs is 1. The first kappa shape index (κ1) is 20.6. The zero-order valence-corrected chi connectivity index (χ0v) is 18.4. The maximum absolute atomic E-state index is 6.07. The van der Waals surface area contributed by atoms with Gasteiger partial charge >= 0.3 is 0 Å². The summed E-state index contributed by atoms with van der Waals surface area (Å²) in [6.07, 6.45) is 0. The summed E-state index contributed by atoms with van der Waals surface area (Å²) in [6.45, 7) is 4.65. The van der Waals surface area contributed by atoms with E-state index in [9.17, 15) is 0 Å². The quantitative estimate of drug-likeness (QED) is 0.432. The first-order valence-corrected chi connectivity index (χ1v) is 10.0. The maximum atomic E-state index is 6.07. The third-order valence-electron chi connectivity index (χ3n) is 5.31. The van der Waals surface area contributed by atoms with Crippen molar-refractivity contribution >= 4 is 11.0 Å². The molecule has 6 nitrogen and oxygen atoms in total. The molecule has 0 atom stereocenters. The second-order valence-corrected chi connectivity index (χ2v) is 7.39. The number of aryl methyl sites for hydroxylation is 2. The fraction of sp³-hybridized carbons (Fsp3) is 0.240. The van der Waals surface area contributed by atoms with Gasteiger partial charge in [-0.25, -0.2) is 4.98 Å². The van der Waals surface area contributed by atoms with Crippen molar-refractivity contribution in [3.8, 4) is 34.4 Å². The van der Waals surface area contributed by atoms with E-state index in [2.05, 4.69) is 37.0 Å². The van der Waals surface area contributed by atoms with Crippen molar-refractivity contribution in [1.29, 1.82) is 0 Å². The van der Waals surface area contributed by atoms with Crippen LogP contribution in [0, 0.1) is 13.8 Å². The molecule has 4 aromatic rings. The van der Waals surface area contributed by atoms with Crippen molar-refractivity contribution in [2.75, 3.05) is 21.3 Å². The second-order valence-electron chi connectivity index (χ2n) is 7.39. The Kier molecular flexibility index (Phi) is 5.71. The highest BCUT2D eigenvalue weighted by Gasteiger charge is 2.14. The number of nitrogens with zero attached hydrogens (tertiary/aromatic N) is 1. The average Bonchev–Trinajstić information content (AvgIpc) is 3.21. The van der Waals surface area contributed by atoms with E-state index < -0.39 is 0 Å². The molecule has 0 radical (unpaired) electrons. The minimum absolute atomic E-state index is 0.480. The predicted molar refractivity (Wildman–Crippen MR) is 121 cm³/mol. The summed E-state index contributed by atoms with van der Waals surface area (Å²) in [5.74, 6) is 3.36. The molecule has 0 amide bonds. The number of H-pyrrole nitrogens is 1. The highest BCUT2D eigenvalue weighted by Crippen LogP contribution is 2.35. The smallest absolute Gasteiger partial charge is 0.163 e. The molecule has 0 aliphatic heterocycles. The number of rotatable bonds is 7. The Balaban J connectivity index is 1.62. The normalized spacial score (nSPS) is 10.9. The van der Waals surface area contributed by atoms with Crippen LogP contribution >= 0.6 is 0 Å². The van der Waals surface area contributed by atoms with Gasteiger partial charge in [0.1, 0.15) is 12.4 Å². The fourth-order valence-corrected chi connectivity index (χ4v) is 3.52. The standard InChI is InChI=1S/C25H26N2O4/c1-15-6-7-16(2)18(10-15)14-31-21-9-8-17(11-22(21)28-3)25-26-19-12-23(29-4)24(30-5)13-20(19)27-25/h6-13H,14H2,1-5H3,(H,26,27). The lowest BCUT2D eigenvalue weighted by Gasteiger charge is -2.13. The Bertz CT molecular complexity index is 1190. The van der Waals surface area contributed by atoms with Gasteiger partial charge in [0.25, 0.3) is 0 Å². The van der Waals surface area contributed by atoms with Crippen LogP contribution in [-0.4, -0.2) is 31.3 Å². The minimum Gasteiger partial charge on any atom is -0.493 e. The molecule has 4 rings (SSSR count). The molecule has 0 saturated heterocycles. The molecule has 0 spiro atoms. The van der Waals surface area contributed by atoms with Crippen LogP contribution in [0.4, 0.5) is 0 Å². The Hall–Kier alpha value is -3.67. The van der Waals surface area contributed by atoms with E-state index in [1.54, 1.807) is 21.3 Å². The zero-order valence-electron chi connectivity index (χ0n) is 18.4. The van der Waals surface area contributed by atoms with Crippen molar-refractivity contribution in [1.82, 2.24) is 9.97 Å². The topological polar surface area (TPSA) is 65.6 Å². The molecule has 0 bridgehead atoms. The van der Waals surface area contributed by atoms with Crippen LogP contribution in [-0.2, 0) is 6.61 Å². The summed E-state index contributed by atoms with van der Waals surface area (Å²) >= 11 is 0. The van der Waals surface area contributed by atoms with Gasteiger partial charge in [-0.3, -0.25) is 0 Å². The number of nitrogens with one attached hydrogen (secondary N) is 1. The van der Waals surface area contributed by atoms with Crippen LogP contribution in [0.15, 0.2) is 48.5 Å². The van der Waals surface area contributed by atoms with E-state index in [0.29, 0.717) is 29.6 Å². The van der Waals surface area contributed by atoms with Crippen LogP contribution in [0.1, 0.15) is 16.7 Å². The average molecular weight is 418 g/mol. The van der Waals surface area contributed by atoms with Crippen molar-refractivity contribution in [2.45, 2.75) is 20.5 Å². The molecular formula is C25H26N2O4. The summed E-state index contributed by atoms with van der Waals surface area (Å²) in [6, 6.07) is 15.9. The molecule has 0 aliphatic rings. The van der Waals surface area contributed by atoms with Gasteiger partial charge in [-0.2, -0.15) is 0 Å². The van der Waals surface area contributed by atoms with E-state index in [4.69, 9.17) is 23.9 Å². The summed E-state index contributed by atoms with van der Waals surface area (Å²) in [7, 11) is 4.86. The number of hydrogen-bond donors (Lipinski definition) is 1. The van der Waals surface area contributed by atoms with Gasteiger partial charge in [-0.1, -0.05) is 23.8 Å². The molecule has 6 heteroatoms. The third-order valence-corrected chi connectivity index (χ3v) is 5.31. The van der Waals surface area contributed by atoms with Crippen molar-refractivity contribution < 1.29 is 18.9 Å². The van der Waals surface area contributed by atoms with Crippen molar-refractivity contribution in [3.63, 3.8) is 0 Å². The number of imidazole rings is 1. The molecule has 0 unspecified atom stereocenters. The van der Waals surface area contributed by atoms with Gasteiger partial charge in [-0.05, 0) is 43.2 Å². The fourth-order valence-electron chi connectivity index (χ4n) is 3.52. The Morgan fingerprint density at radius 3 is 2.23 bits per heavy atom. The van der Waals surface area contributed by atoms with Gasteiger partial charge in [0, 0.05) is 17.7 Å². The minimum atomic E-state index is 0.480. The second kappa shape index (κ2) is 8.60. The lowest BCUT2D eigenvalue weighted by Crippen LogP contribution is -2.00. The molecule has 3 aromatic carbocycles. The molecule has 1 aromatic heterocycles. The number of ether oxygens (including phenoxy) is 4. The van der Waals surface area contributed by atoms with Crippen LogP contribution in [0.5, 0.6) is 23.0 Å². The van der Waals surface area contributed by atoms with Gasteiger partial charge in [0.05, 0.1) is 32.4 Å². The van der Waals surface area contributed by atoms with Crippen LogP contribution in [0.3, 0.4) is 0 Å². The van der Waals surface area contributed by atoms with E-state index in [-0.39, 0.29) is 0 Å². The van der Waals surface area contributed by atoms with Gasteiger partial charge < -0.3 is 23.9 Å². The first-order chi connectivity index (χ1) is 15.0. The highest BCUT2D eigenvalue weighted by atomic mass is 16.5. The third kappa shape index (κ3) is 4.14. The maximum Gasteiger partial charge on any atom is 0.163 e. The van der Waals surface area contributed by atoms with Crippen LogP contribution < -0.4 is 18.9 Å². The van der Waals surface area contributed by atoms with E-state index in [1.165, 1.54) is 11.1 Å². The molecule has 160 valence electrons. The molecule has 0 fully saturated rings. The summed E-state index contributed by atoms with van der Waals surface area (Å²) in [5.41, 5.74) is 6.12. The molecular weight excluding hydrogens is 392 g/mol. The number of aromatic amines is 1. The number of aromatic nitrogens is 2. The first-order valence-electron chi connectivity index (χ1n) is 10.0. The summed E-state index contributed by atoms with van der Waals surface area (Å²) in [4.78, 5) is 8.04. The van der Waals surface area contributed by atoms with Gasteiger partial charge in [0.2, 0.25) is 0 Å².